The number of benzene rings is 2. The summed E-state index contributed by atoms with van der Waals surface area (Å²) in [6, 6.07) is 20.5. The molecule has 3 aromatic rings. The lowest BCUT2D eigenvalue weighted by Crippen LogP contribution is -2.31. The van der Waals surface area contributed by atoms with Gasteiger partial charge in [-0.15, -0.1) is 0 Å². The van der Waals surface area contributed by atoms with Crippen LogP contribution in [0.2, 0.25) is 0 Å². The zero-order chi connectivity index (χ0) is 25.5. The van der Waals surface area contributed by atoms with E-state index in [0.29, 0.717) is 33.4 Å². The Balaban J connectivity index is 1.56. The maximum absolute atomic E-state index is 13.3. The standard InChI is InChI=1S/C27H24N4O3S2/c1-17-24(26(33)31-19-6-4-3-5-7-19)25(18-12-13-35-15-18)22(14-28)27(29-17)36-16-23(32)30-20-8-10-21(34-2)11-9-20/h3-13,15,22,25H,16H2,1-2H3,(H,30,32)(H,31,33). The lowest BCUT2D eigenvalue weighted by Gasteiger charge is -2.29. The maximum Gasteiger partial charge on any atom is 0.254 e. The van der Waals surface area contributed by atoms with Crippen molar-refractivity contribution in [2.45, 2.75) is 12.8 Å². The van der Waals surface area contributed by atoms with Crippen LogP contribution in [0.15, 0.2) is 87.7 Å². The average molecular weight is 517 g/mol. The fourth-order valence-electron chi connectivity index (χ4n) is 3.93. The molecule has 2 N–H and O–H groups in total. The monoisotopic (exact) mass is 516 g/mol. The zero-order valence-corrected chi connectivity index (χ0v) is 21.4. The number of nitriles is 1. The highest BCUT2D eigenvalue weighted by molar-refractivity contribution is 8.14. The third kappa shape index (κ3) is 5.85. The first kappa shape index (κ1) is 25.2. The molecule has 2 aromatic carbocycles. The van der Waals surface area contributed by atoms with E-state index < -0.39 is 11.8 Å². The van der Waals surface area contributed by atoms with E-state index in [9.17, 15) is 14.9 Å². The van der Waals surface area contributed by atoms with Gasteiger partial charge in [-0.25, -0.2) is 4.99 Å². The summed E-state index contributed by atoms with van der Waals surface area (Å²) in [5.41, 5.74) is 3.18. The summed E-state index contributed by atoms with van der Waals surface area (Å²) in [6.45, 7) is 1.77. The Morgan fingerprint density at radius 1 is 1.08 bits per heavy atom. The number of allylic oxidation sites excluding steroid dienone is 1. The number of thiophene rings is 1. The molecule has 7 nitrogen and oxygen atoms in total. The van der Waals surface area contributed by atoms with Gasteiger partial charge in [0, 0.05) is 28.6 Å². The number of ether oxygens (including phenoxy) is 1. The van der Waals surface area contributed by atoms with Crippen molar-refractivity contribution in [3.8, 4) is 11.8 Å². The summed E-state index contributed by atoms with van der Waals surface area (Å²) in [5.74, 6) is -0.915. The molecule has 2 amide bonds. The van der Waals surface area contributed by atoms with E-state index in [1.54, 1.807) is 38.3 Å². The number of hydrogen-bond acceptors (Lipinski definition) is 7. The van der Waals surface area contributed by atoms with Gasteiger partial charge in [0.25, 0.3) is 5.91 Å². The second-order valence-corrected chi connectivity index (χ2v) is 9.75. The van der Waals surface area contributed by atoms with Crippen molar-refractivity contribution in [3.05, 3.63) is 88.3 Å². The van der Waals surface area contributed by atoms with Gasteiger partial charge >= 0.3 is 0 Å². The highest BCUT2D eigenvalue weighted by Crippen LogP contribution is 2.42. The highest BCUT2D eigenvalue weighted by Gasteiger charge is 2.39. The van der Waals surface area contributed by atoms with Crippen LogP contribution in [-0.4, -0.2) is 29.7 Å². The molecule has 182 valence electrons. The summed E-state index contributed by atoms with van der Waals surface area (Å²) < 4.78 is 5.14. The molecule has 36 heavy (non-hydrogen) atoms. The van der Waals surface area contributed by atoms with Gasteiger partial charge in [0.05, 0.1) is 24.0 Å². The molecule has 2 unspecified atom stereocenters. The fourth-order valence-corrected chi connectivity index (χ4v) is 5.55. The van der Waals surface area contributed by atoms with E-state index in [0.717, 1.165) is 5.56 Å². The quantitative estimate of drug-likeness (QED) is 0.421. The van der Waals surface area contributed by atoms with Crippen LogP contribution < -0.4 is 15.4 Å². The zero-order valence-electron chi connectivity index (χ0n) is 19.7. The molecule has 9 heteroatoms. The number of anilines is 2. The van der Waals surface area contributed by atoms with Gasteiger partial charge in [0.2, 0.25) is 5.91 Å². The van der Waals surface area contributed by atoms with E-state index >= 15 is 0 Å². The van der Waals surface area contributed by atoms with Gasteiger partial charge in [-0.2, -0.15) is 16.6 Å². The van der Waals surface area contributed by atoms with E-state index in [2.05, 4.69) is 21.7 Å². The van der Waals surface area contributed by atoms with Gasteiger partial charge in [-0.05, 0) is 65.7 Å². The lowest BCUT2D eigenvalue weighted by atomic mass is 9.79. The first-order valence-corrected chi connectivity index (χ1v) is 13.1. The molecule has 2 atom stereocenters. The molecule has 0 saturated carbocycles. The molecule has 0 fully saturated rings. The third-order valence-corrected chi connectivity index (χ3v) is 7.37. The number of carbonyl (C=O) groups excluding carboxylic acids is 2. The van der Waals surface area contributed by atoms with Crippen molar-refractivity contribution < 1.29 is 14.3 Å². The number of hydrogen-bond donors (Lipinski definition) is 2. The Kier molecular flexibility index (Phi) is 8.21. The van der Waals surface area contributed by atoms with Crippen LogP contribution in [0, 0.1) is 17.2 Å². The summed E-state index contributed by atoms with van der Waals surface area (Å²) >= 11 is 2.72. The minimum Gasteiger partial charge on any atom is -0.497 e. The van der Waals surface area contributed by atoms with Crippen molar-refractivity contribution in [3.63, 3.8) is 0 Å². The van der Waals surface area contributed by atoms with Crippen LogP contribution in [0.25, 0.3) is 0 Å². The predicted molar refractivity (Wildman–Crippen MR) is 145 cm³/mol. The van der Waals surface area contributed by atoms with Crippen molar-refractivity contribution in [2.24, 2.45) is 10.9 Å². The molecule has 0 aliphatic carbocycles. The molecule has 4 rings (SSSR count). The third-order valence-electron chi connectivity index (χ3n) is 5.62. The maximum atomic E-state index is 13.3. The number of nitrogens with zero attached hydrogens (tertiary/aromatic N) is 2. The molecule has 0 bridgehead atoms. The SMILES string of the molecule is COc1ccc(NC(=O)CSC2=NC(C)=C(C(=O)Nc3ccccc3)C(c3ccsc3)C2C#N)cc1. The topological polar surface area (TPSA) is 104 Å². The van der Waals surface area contributed by atoms with Crippen LogP contribution >= 0.6 is 23.1 Å². The molecule has 0 radical (unpaired) electrons. The molecule has 2 heterocycles. The number of para-hydroxylation sites is 1. The van der Waals surface area contributed by atoms with Crippen LogP contribution in [-0.2, 0) is 9.59 Å². The Morgan fingerprint density at radius 3 is 2.44 bits per heavy atom. The second-order valence-electron chi connectivity index (χ2n) is 7.98. The number of carbonyl (C=O) groups is 2. The number of rotatable bonds is 7. The van der Waals surface area contributed by atoms with Crippen LogP contribution in [0.4, 0.5) is 11.4 Å². The average Bonchev–Trinajstić information content (AvgIpc) is 3.42. The fraction of sp³-hybridized carbons (Fsp3) is 0.185. The number of methoxy groups -OCH3 is 1. The van der Waals surface area contributed by atoms with Crippen molar-refractivity contribution >= 4 is 51.3 Å². The van der Waals surface area contributed by atoms with Crippen molar-refractivity contribution in [2.75, 3.05) is 23.5 Å². The molecule has 0 spiro atoms. The first-order chi connectivity index (χ1) is 17.5. The minimum absolute atomic E-state index is 0.0816. The number of amides is 2. The van der Waals surface area contributed by atoms with E-state index in [4.69, 9.17) is 4.74 Å². The molecule has 1 aliphatic rings. The molecular weight excluding hydrogens is 492 g/mol. The first-order valence-electron chi connectivity index (χ1n) is 11.1. The lowest BCUT2D eigenvalue weighted by molar-refractivity contribution is -0.114. The number of nitrogens with one attached hydrogen (secondary N) is 2. The Labute approximate surface area is 217 Å². The summed E-state index contributed by atoms with van der Waals surface area (Å²) in [4.78, 5) is 30.6. The molecule has 1 aromatic heterocycles. The van der Waals surface area contributed by atoms with Gasteiger partial charge < -0.3 is 15.4 Å². The predicted octanol–water partition coefficient (Wildman–Crippen LogP) is 5.68. The number of aliphatic imine (C=N–C) groups is 1. The molecular formula is C27H24N4O3S2. The summed E-state index contributed by atoms with van der Waals surface area (Å²) in [6.07, 6.45) is 0. The van der Waals surface area contributed by atoms with E-state index in [1.807, 2.05) is 47.2 Å². The van der Waals surface area contributed by atoms with Gasteiger partial charge in [-0.3, -0.25) is 9.59 Å². The second kappa shape index (κ2) is 11.7. The minimum atomic E-state index is -0.696. The van der Waals surface area contributed by atoms with Gasteiger partial charge in [0.1, 0.15) is 11.7 Å². The Hall–Kier alpha value is -3.87. The normalized spacial score (nSPS) is 17.1. The molecule has 1 aliphatic heterocycles. The molecule has 0 saturated heterocycles. The largest absolute Gasteiger partial charge is 0.497 e. The summed E-state index contributed by atoms with van der Waals surface area (Å²) in [5, 5.41) is 20.3. The number of thioether (sulfide) groups is 1. The summed E-state index contributed by atoms with van der Waals surface area (Å²) in [7, 11) is 1.58. The van der Waals surface area contributed by atoms with Crippen LogP contribution in [0.1, 0.15) is 18.4 Å². The van der Waals surface area contributed by atoms with Crippen LogP contribution in [0.5, 0.6) is 5.75 Å². The Morgan fingerprint density at radius 2 is 1.81 bits per heavy atom. The van der Waals surface area contributed by atoms with Gasteiger partial charge in [-0.1, -0.05) is 30.0 Å². The smallest absolute Gasteiger partial charge is 0.254 e. The van der Waals surface area contributed by atoms with Crippen molar-refractivity contribution in [1.29, 1.82) is 5.26 Å². The van der Waals surface area contributed by atoms with E-state index in [1.165, 1.54) is 23.1 Å². The van der Waals surface area contributed by atoms with E-state index in [-0.39, 0.29) is 17.6 Å². The van der Waals surface area contributed by atoms with Crippen molar-refractivity contribution in [1.82, 2.24) is 0 Å². The van der Waals surface area contributed by atoms with Crippen LogP contribution in [0.3, 0.4) is 0 Å². The van der Waals surface area contributed by atoms with Gasteiger partial charge in [0.15, 0.2) is 0 Å². The highest BCUT2D eigenvalue weighted by atomic mass is 32.2. The Bertz CT molecular complexity index is 1330.